The van der Waals surface area contributed by atoms with Gasteiger partial charge in [0.2, 0.25) is 5.91 Å². The van der Waals surface area contributed by atoms with Crippen LogP contribution in [-0.4, -0.2) is 48.0 Å². The van der Waals surface area contributed by atoms with Crippen molar-refractivity contribution in [3.63, 3.8) is 0 Å². The van der Waals surface area contributed by atoms with Crippen molar-refractivity contribution < 1.29 is 27.6 Å². The number of nitrogens with zero attached hydrogens (tertiary/aromatic N) is 3. The fourth-order valence-electron chi connectivity index (χ4n) is 5.45. The number of pyridine rings is 1. The number of aromatic nitrogens is 1. The largest absolute Gasteiger partial charge is 0.454 e. The third kappa shape index (κ3) is 8.21. The second-order valence-electron chi connectivity index (χ2n) is 13.7. The normalized spacial score (nSPS) is 13.4. The number of nitrogens with two attached hydrogens (primary N) is 1. The molecule has 0 spiro atoms. The number of sulfone groups is 1. The van der Waals surface area contributed by atoms with Gasteiger partial charge in [0, 0.05) is 30.5 Å². The molecule has 0 bridgehead atoms. The number of hydrogen-bond donors (Lipinski definition) is 1. The van der Waals surface area contributed by atoms with Crippen LogP contribution >= 0.6 is 0 Å². The Morgan fingerprint density at radius 1 is 0.917 bits per heavy atom. The summed E-state index contributed by atoms with van der Waals surface area (Å²) in [5.41, 5.74) is 4.45. The van der Waals surface area contributed by atoms with Gasteiger partial charge < -0.3 is 10.5 Å². The van der Waals surface area contributed by atoms with Gasteiger partial charge in [-0.2, -0.15) is 0 Å². The molecule has 0 saturated carbocycles. The van der Waals surface area contributed by atoms with Crippen LogP contribution in [0.15, 0.2) is 103 Å². The molecular weight excluding hydrogens is 628 g/mol. The summed E-state index contributed by atoms with van der Waals surface area (Å²) in [6.45, 7) is 14.3. The van der Waals surface area contributed by atoms with Crippen LogP contribution in [-0.2, 0) is 42.6 Å². The number of amides is 2. The number of allylic oxidation sites excluding steroid dienone is 1. The molecule has 0 aliphatic heterocycles. The maximum atomic E-state index is 14.5. The number of hydrazine groups is 1. The van der Waals surface area contributed by atoms with E-state index in [1.807, 2.05) is 6.07 Å². The molecule has 11 heteroatoms. The Morgan fingerprint density at radius 3 is 2.25 bits per heavy atom. The van der Waals surface area contributed by atoms with Crippen molar-refractivity contribution in [3.8, 4) is 0 Å². The zero-order valence-electron chi connectivity index (χ0n) is 28.6. The Balaban J connectivity index is 2.20. The van der Waals surface area contributed by atoms with Gasteiger partial charge in [-0.25, -0.2) is 23.1 Å². The maximum Gasteiger partial charge on any atom is 0.454 e. The third-order valence-electron chi connectivity index (χ3n) is 7.33. The third-order valence-corrected chi connectivity index (χ3v) is 8.53. The second kappa shape index (κ2) is 13.8. The van der Waals surface area contributed by atoms with Gasteiger partial charge in [0.05, 0.1) is 16.2 Å². The lowest BCUT2D eigenvalue weighted by Gasteiger charge is -2.49. The van der Waals surface area contributed by atoms with Crippen molar-refractivity contribution in [2.45, 2.75) is 76.0 Å². The van der Waals surface area contributed by atoms with Gasteiger partial charge in [-0.15, -0.1) is 6.58 Å². The van der Waals surface area contributed by atoms with Crippen LogP contribution in [0.4, 0.5) is 10.5 Å². The van der Waals surface area contributed by atoms with Crippen molar-refractivity contribution in [2.75, 3.05) is 11.3 Å². The minimum Gasteiger partial charge on any atom is -0.441 e. The molecule has 1 atom stereocenters. The molecule has 0 aliphatic rings. The summed E-state index contributed by atoms with van der Waals surface area (Å²) in [4.78, 5) is 39.4. The van der Waals surface area contributed by atoms with E-state index in [1.54, 1.807) is 121 Å². The van der Waals surface area contributed by atoms with Gasteiger partial charge in [0.15, 0.2) is 15.4 Å². The highest BCUT2D eigenvalue weighted by Gasteiger charge is 2.52. The molecule has 1 aromatic heterocycles. The molecule has 2 amide bonds. The Morgan fingerprint density at radius 2 is 1.62 bits per heavy atom. The quantitative estimate of drug-likeness (QED) is 0.138. The number of carbonyl (C=O) groups is 2. The van der Waals surface area contributed by atoms with E-state index in [2.05, 4.69) is 11.6 Å². The Kier molecular flexibility index (Phi) is 10.4. The van der Waals surface area contributed by atoms with E-state index < -0.39 is 38.6 Å². The highest BCUT2D eigenvalue weighted by molar-refractivity contribution is 7.90. The average molecular weight is 673 g/mol. The smallest absolute Gasteiger partial charge is 0.441 e. The van der Waals surface area contributed by atoms with Crippen LogP contribution in [0.5, 0.6) is 0 Å². The van der Waals surface area contributed by atoms with Gasteiger partial charge in [-0.1, -0.05) is 59.8 Å². The van der Waals surface area contributed by atoms with Crippen LogP contribution in [0.3, 0.4) is 0 Å². The van der Waals surface area contributed by atoms with Crippen LogP contribution in [0.1, 0.15) is 58.2 Å². The number of benzene rings is 3. The lowest BCUT2D eigenvalue weighted by Crippen LogP contribution is -2.65. The highest BCUT2D eigenvalue weighted by Crippen LogP contribution is 2.41. The average Bonchev–Trinajstić information content (AvgIpc) is 2.98. The van der Waals surface area contributed by atoms with Crippen LogP contribution in [0, 0.1) is 0 Å². The van der Waals surface area contributed by atoms with E-state index in [-0.39, 0.29) is 11.3 Å². The molecule has 10 nitrogen and oxygen atoms in total. The number of anilines is 1. The first-order valence-corrected chi connectivity index (χ1v) is 17.4. The summed E-state index contributed by atoms with van der Waals surface area (Å²) < 4.78 is 32.1. The van der Waals surface area contributed by atoms with E-state index in [9.17, 15) is 18.0 Å². The van der Waals surface area contributed by atoms with E-state index in [4.69, 9.17) is 15.3 Å². The molecule has 2 N–H and O–H groups in total. The predicted molar refractivity (Wildman–Crippen MR) is 188 cm³/mol. The van der Waals surface area contributed by atoms with Gasteiger partial charge in [-0.05, 0) is 94.3 Å². The number of fused-ring (bicyclic) bond motifs is 1. The number of rotatable bonds is 11. The first-order chi connectivity index (χ1) is 22.4. The van der Waals surface area contributed by atoms with Crippen molar-refractivity contribution in [3.05, 3.63) is 115 Å². The highest BCUT2D eigenvalue weighted by atomic mass is 32.2. The predicted octanol–water partition coefficient (Wildman–Crippen LogP) is 6.68. The Bertz CT molecular complexity index is 1930. The molecule has 4 rings (SSSR count). The lowest BCUT2D eigenvalue weighted by molar-refractivity contribution is -0.226. The number of hydrogen-bond acceptors (Lipinski definition) is 8. The molecule has 0 fully saturated rings. The summed E-state index contributed by atoms with van der Waals surface area (Å²) in [6, 6.07) is 20.7. The van der Waals surface area contributed by atoms with Crippen molar-refractivity contribution in [1.29, 1.82) is 0 Å². The van der Waals surface area contributed by atoms with Gasteiger partial charge in [-0.3, -0.25) is 9.78 Å². The fourth-order valence-corrected chi connectivity index (χ4v) is 6.39. The fraction of sp³-hybridized carbons (Fsp3) is 0.324. The van der Waals surface area contributed by atoms with E-state index >= 15 is 0 Å². The molecule has 254 valence electrons. The maximum absolute atomic E-state index is 14.5. The van der Waals surface area contributed by atoms with Gasteiger partial charge >= 0.3 is 6.09 Å². The van der Waals surface area contributed by atoms with Crippen LogP contribution < -0.4 is 10.7 Å². The number of hydroxylamine groups is 1. The zero-order valence-corrected chi connectivity index (χ0v) is 29.4. The summed E-state index contributed by atoms with van der Waals surface area (Å²) in [7, 11) is -3.77. The second-order valence-corrected chi connectivity index (χ2v) is 15.6. The summed E-state index contributed by atoms with van der Waals surface area (Å²) >= 11 is 0. The minimum absolute atomic E-state index is 0.0166. The van der Waals surface area contributed by atoms with E-state index in [0.717, 1.165) is 27.8 Å². The van der Waals surface area contributed by atoms with Crippen molar-refractivity contribution in [2.24, 2.45) is 5.73 Å². The van der Waals surface area contributed by atoms with Crippen molar-refractivity contribution >= 4 is 38.3 Å². The van der Waals surface area contributed by atoms with E-state index in [0.29, 0.717) is 23.2 Å². The van der Waals surface area contributed by atoms with Crippen molar-refractivity contribution in [1.82, 2.24) is 10.2 Å². The van der Waals surface area contributed by atoms with Gasteiger partial charge in [0.25, 0.3) is 0 Å². The van der Waals surface area contributed by atoms with Gasteiger partial charge in [0.1, 0.15) is 5.60 Å². The molecular formula is C37H44N4O6S. The number of ether oxygens (including phenoxy) is 1. The first kappa shape index (κ1) is 36.1. The molecule has 4 aromatic rings. The lowest BCUT2D eigenvalue weighted by atomic mass is 9.81. The van der Waals surface area contributed by atoms with E-state index in [1.165, 1.54) is 11.1 Å². The topological polar surface area (TPSA) is 132 Å². The monoisotopic (exact) mass is 672 g/mol. The summed E-state index contributed by atoms with van der Waals surface area (Å²) in [6.07, 6.45) is 5.45. The molecule has 48 heavy (non-hydrogen) atoms. The summed E-state index contributed by atoms with van der Waals surface area (Å²) in [5.74, 6) is -0.873. The number of primary amides is 1. The Hall–Kier alpha value is -4.74. The minimum atomic E-state index is -3.77. The molecule has 1 heterocycles. The molecule has 0 aliphatic carbocycles. The SMILES string of the molecule is C=CCc1cccc(C(Cc2ccccc2S(C)(=O)=O)(C(N)=O)N(c2ccc3cnccc3c2)N(OC(C)(C)C)C(=O)OC(C)(C)C)c1. The molecule has 3 aromatic carbocycles. The molecule has 0 radical (unpaired) electrons. The molecule has 1 unspecified atom stereocenters. The number of carbonyl (C=O) groups excluding carboxylic acids is 2. The zero-order chi connectivity index (χ0) is 35.5. The standard InChI is InChI=1S/C37H44N4O6S/c1-9-13-26-14-12-16-30(22-26)37(33(38)42,24-28-15-10-11-17-32(28)48(8,44)45)40(31-19-18-29-25-39-21-20-27(29)23-31)41(47-36(5,6)7)34(43)46-35(2,3)4/h9-12,14-23,25H,1,13,24H2,2-8H3,(H2,38,42). The first-order valence-electron chi connectivity index (χ1n) is 15.5. The molecule has 0 saturated heterocycles. The summed E-state index contributed by atoms with van der Waals surface area (Å²) in [5, 5.41) is 3.88. The van der Waals surface area contributed by atoms with Crippen LogP contribution in [0.2, 0.25) is 0 Å². The Labute approximate surface area is 283 Å². The van der Waals surface area contributed by atoms with Crippen LogP contribution in [0.25, 0.3) is 10.8 Å².